The summed E-state index contributed by atoms with van der Waals surface area (Å²) in [5, 5.41) is 1.81. The molecule has 1 amide bonds. The third kappa shape index (κ3) is 2.59. The van der Waals surface area contributed by atoms with Crippen LogP contribution < -0.4 is 0 Å². The van der Waals surface area contributed by atoms with Crippen LogP contribution in [0.15, 0.2) is 10.9 Å². The average molecular weight is 239 g/mol. The van der Waals surface area contributed by atoms with Crippen molar-refractivity contribution in [2.24, 2.45) is 5.92 Å². The van der Waals surface area contributed by atoms with Crippen LogP contribution in [0.5, 0.6) is 0 Å². The predicted molar refractivity (Wildman–Crippen MR) is 64.7 cm³/mol. The molecule has 88 valence electrons. The lowest BCUT2D eigenvalue weighted by Crippen LogP contribution is -2.32. The van der Waals surface area contributed by atoms with Crippen LogP contribution >= 0.6 is 11.3 Å². The number of aromatic nitrogens is 1. The highest BCUT2D eigenvalue weighted by atomic mass is 32.1. The number of hydrogen-bond donors (Lipinski definition) is 0. The van der Waals surface area contributed by atoms with Gasteiger partial charge >= 0.3 is 0 Å². The fourth-order valence-corrected chi connectivity index (χ4v) is 2.69. The average Bonchev–Trinajstić information content (AvgIpc) is 2.88. The first kappa shape index (κ1) is 11.5. The van der Waals surface area contributed by atoms with E-state index < -0.39 is 0 Å². The Kier molecular flexibility index (Phi) is 3.56. The van der Waals surface area contributed by atoms with Gasteiger partial charge in [-0.05, 0) is 25.9 Å². The van der Waals surface area contributed by atoms with Gasteiger partial charge in [-0.3, -0.25) is 4.79 Å². The Balaban J connectivity index is 1.88. The Morgan fingerprint density at radius 2 is 2.56 bits per heavy atom. The van der Waals surface area contributed by atoms with E-state index in [9.17, 15) is 4.79 Å². The molecule has 1 saturated heterocycles. The molecular weight excluding hydrogens is 222 g/mol. The van der Waals surface area contributed by atoms with Crippen molar-refractivity contribution in [3.05, 3.63) is 16.6 Å². The van der Waals surface area contributed by atoms with Gasteiger partial charge in [-0.2, -0.15) is 0 Å². The first-order chi connectivity index (χ1) is 7.66. The molecule has 0 aromatic carbocycles. The van der Waals surface area contributed by atoms with E-state index in [4.69, 9.17) is 0 Å². The lowest BCUT2D eigenvalue weighted by molar-refractivity contribution is 0.0769. The van der Waals surface area contributed by atoms with Crippen molar-refractivity contribution < 1.29 is 4.79 Å². The van der Waals surface area contributed by atoms with Gasteiger partial charge in [0.2, 0.25) is 0 Å². The second-order valence-corrected chi connectivity index (χ2v) is 5.19. The zero-order valence-electron chi connectivity index (χ0n) is 9.72. The molecule has 0 aliphatic carbocycles. The van der Waals surface area contributed by atoms with Crippen molar-refractivity contribution in [3.8, 4) is 0 Å². The van der Waals surface area contributed by atoms with Gasteiger partial charge in [-0.1, -0.05) is 0 Å². The molecule has 0 N–H and O–H groups in total. The molecule has 0 bridgehead atoms. The molecule has 4 nitrogen and oxygen atoms in total. The molecule has 1 aliphatic heterocycles. The number of hydrogen-bond acceptors (Lipinski definition) is 4. The van der Waals surface area contributed by atoms with Gasteiger partial charge in [0.15, 0.2) is 0 Å². The summed E-state index contributed by atoms with van der Waals surface area (Å²) in [7, 11) is 3.99. The van der Waals surface area contributed by atoms with Gasteiger partial charge in [0.25, 0.3) is 5.91 Å². The van der Waals surface area contributed by atoms with E-state index in [1.807, 2.05) is 7.05 Å². The number of amides is 1. The molecule has 0 saturated carbocycles. The molecule has 1 fully saturated rings. The number of carbonyl (C=O) groups excluding carboxylic acids is 1. The summed E-state index contributed by atoms with van der Waals surface area (Å²) < 4.78 is 0. The Morgan fingerprint density at radius 1 is 1.75 bits per heavy atom. The largest absolute Gasteiger partial charge is 0.340 e. The van der Waals surface area contributed by atoms with E-state index in [2.05, 4.69) is 16.9 Å². The molecule has 16 heavy (non-hydrogen) atoms. The van der Waals surface area contributed by atoms with Crippen LogP contribution in [0.25, 0.3) is 0 Å². The summed E-state index contributed by atoms with van der Waals surface area (Å²) in [5.74, 6) is 0.647. The third-order valence-electron chi connectivity index (χ3n) is 3.02. The van der Waals surface area contributed by atoms with Crippen molar-refractivity contribution in [2.45, 2.75) is 6.42 Å². The topological polar surface area (TPSA) is 36.4 Å². The molecule has 5 heteroatoms. The molecule has 2 heterocycles. The van der Waals surface area contributed by atoms with Crippen molar-refractivity contribution in [2.75, 3.05) is 33.7 Å². The summed E-state index contributed by atoms with van der Waals surface area (Å²) in [5.41, 5.74) is 2.27. The summed E-state index contributed by atoms with van der Waals surface area (Å²) in [6.45, 7) is 3.07. The van der Waals surface area contributed by atoms with Gasteiger partial charge < -0.3 is 9.80 Å². The number of likely N-dealkylation sites (tertiary alicyclic amines) is 1. The minimum atomic E-state index is 0.0378. The smallest absolute Gasteiger partial charge is 0.273 e. The zero-order chi connectivity index (χ0) is 11.5. The van der Waals surface area contributed by atoms with Crippen LogP contribution in [0, 0.1) is 5.92 Å². The quantitative estimate of drug-likeness (QED) is 0.794. The lowest BCUT2D eigenvalue weighted by Gasteiger charge is -2.20. The Hall–Kier alpha value is -0.940. The highest BCUT2D eigenvalue weighted by molar-refractivity contribution is 7.07. The summed E-state index contributed by atoms with van der Waals surface area (Å²) in [6, 6.07) is 0. The Labute approximate surface area is 99.9 Å². The zero-order valence-corrected chi connectivity index (χ0v) is 10.5. The van der Waals surface area contributed by atoms with Gasteiger partial charge in [0.05, 0.1) is 5.51 Å². The fourth-order valence-electron chi connectivity index (χ4n) is 2.16. The monoisotopic (exact) mass is 239 g/mol. The normalized spacial score (nSPS) is 21.2. The van der Waals surface area contributed by atoms with Crippen LogP contribution in [0.1, 0.15) is 16.9 Å². The van der Waals surface area contributed by atoms with E-state index in [0.29, 0.717) is 11.6 Å². The molecule has 0 radical (unpaired) electrons. The van der Waals surface area contributed by atoms with Crippen LogP contribution in [0.2, 0.25) is 0 Å². The molecule has 0 spiro atoms. The predicted octanol–water partition coefficient (Wildman–Crippen LogP) is 1.17. The molecule has 2 rings (SSSR count). The summed E-state index contributed by atoms with van der Waals surface area (Å²) in [4.78, 5) is 20.1. The Morgan fingerprint density at radius 3 is 3.12 bits per heavy atom. The van der Waals surface area contributed by atoms with Gasteiger partial charge in [-0.15, -0.1) is 11.3 Å². The number of thiazole rings is 1. The van der Waals surface area contributed by atoms with Crippen molar-refractivity contribution in [3.63, 3.8) is 0 Å². The standard InChI is InChI=1S/C11H17N3OS/c1-13-4-3-9(5-13)6-14(2)11(15)10-7-16-8-12-10/h7-9H,3-6H2,1-2H3. The minimum absolute atomic E-state index is 0.0378. The number of rotatable bonds is 3. The number of carbonyl (C=O) groups is 1. The van der Waals surface area contributed by atoms with Gasteiger partial charge in [0.1, 0.15) is 5.69 Å². The van der Waals surface area contributed by atoms with E-state index in [1.165, 1.54) is 17.8 Å². The Bertz CT molecular complexity index is 352. The van der Waals surface area contributed by atoms with Crippen molar-refractivity contribution in [1.29, 1.82) is 0 Å². The second kappa shape index (κ2) is 4.93. The summed E-state index contributed by atoms with van der Waals surface area (Å²) in [6.07, 6.45) is 1.19. The molecular formula is C11H17N3OS. The highest BCUT2D eigenvalue weighted by Gasteiger charge is 2.23. The summed E-state index contributed by atoms with van der Waals surface area (Å²) >= 11 is 1.46. The molecule has 1 aromatic rings. The van der Waals surface area contributed by atoms with Crippen LogP contribution in [0.3, 0.4) is 0 Å². The number of nitrogens with zero attached hydrogens (tertiary/aromatic N) is 3. The maximum atomic E-state index is 11.9. The van der Waals surface area contributed by atoms with E-state index in [-0.39, 0.29) is 5.91 Å². The molecule has 1 atom stereocenters. The van der Waals surface area contributed by atoms with Crippen LogP contribution in [-0.4, -0.2) is 54.4 Å². The van der Waals surface area contributed by atoms with Crippen LogP contribution in [0.4, 0.5) is 0 Å². The van der Waals surface area contributed by atoms with Gasteiger partial charge in [-0.25, -0.2) is 4.98 Å². The van der Waals surface area contributed by atoms with Crippen LogP contribution in [-0.2, 0) is 0 Å². The molecule has 1 aliphatic rings. The fraction of sp³-hybridized carbons (Fsp3) is 0.636. The third-order valence-corrected chi connectivity index (χ3v) is 3.61. The maximum Gasteiger partial charge on any atom is 0.273 e. The van der Waals surface area contributed by atoms with E-state index >= 15 is 0 Å². The van der Waals surface area contributed by atoms with Gasteiger partial charge in [0, 0.05) is 25.5 Å². The minimum Gasteiger partial charge on any atom is -0.340 e. The first-order valence-corrected chi connectivity index (χ1v) is 6.43. The SMILES string of the molecule is CN1CCC(CN(C)C(=O)c2cscn2)C1. The lowest BCUT2D eigenvalue weighted by atomic mass is 10.1. The second-order valence-electron chi connectivity index (χ2n) is 4.48. The first-order valence-electron chi connectivity index (χ1n) is 5.49. The molecule has 1 aromatic heterocycles. The van der Waals surface area contributed by atoms with Crippen molar-refractivity contribution >= 4 is 17.2 Å². The van der Waals surface area contributed by atoms with Crippen molar-refractivity contribution in [1.82, 2.24) is 14.8 Å². The maximum absolute atomic E-state index is 11.9. The van der Waals surface area contributed by atoms with E-state index in [1.54, 1.807) is 15.8 Å². The highest BCUT2D eigenvalue weighted by Crippen LogP contribution is 2.16. The molecule has 1 unspecified atom stereocenters. The van der Waals surface area contributed by atoms with E-state index in [0.717, 1.165) is 19.6 Å².